The number of hydrogen-bond acceptors (Lipinski definition) is 4. The number of carbonyl (C=O) groups is 2. The number of aliphatic hydroxyl groups excluding tert-OH is 2. The smallest absolute Gasteiger partial charge is 0.300 e. The number of aliphatic carboxylic acids is 2. The van der Waals surface area contributed by atoms with Crippen molar-refractivity contribution in [1.82, 2.24) is 0 Å². The zero-order chi connectivity index (χ0) is 14.9. The van der Waals surface area contributed by atoms with Crippen molar-refractivity contribution in [1.29, 1.82) is 0 Å². The van der Waals surface area contributed by atoms with Crippen LogP contribution in [0.2, 0.25) is 0 Å². The normalized spacial score (nSPS) is 29.2. The molecule has 0 radical (unpaired) electrons. The van der Waals surface area contributed by atoms with Crippen molar-refractivity contribution in [2.75, 3.05) is 0 Å². The molecule has 0 heterocycles. The first-order valence-electron chi connectivity index (χ1n) is 4.81. The van der Waals surface area contributed by atoms with Crippen molar-refractivity contribution in [3.05, 3.63) is 12.2 Å². The van der Waals surface area contributed by atoms with Crippen LogP contribution in [0.25, 0.3) is 0 Å². The molecule has 18 heavy (non-hydrogen) atoms. The second kappa shape index (κ2) is 10.5. The number of hydrogen-bond donors (Lipinski definition) is 4. The summed E-state index contributed by atoms with van der Waals surface area (Å²) in [6.07, 6.45) is 2.16. The largest absolute Gasteiger partial charge is 0.481 e. The predicted molar refractivity (Wildman–Crippen MR) is 73.2 cm³/mol. The number of alkyl halides is 2. The van der Waals surface area contributed by atoms with Gasteiger partial charge in [0, 0.05) is 13.8 Å². The monoisotopic (exact) mass is 390 g/mol. The topological polar surface area (TPSA) is 115 Å². The van der Waals surface area contributed by atoms with Gasteiger partial charge in [-0.1, -0.05) is 44.0 Å². The molecule has 8 heteroatoms. The van der Waals surface area contributed by atoms with E-state index in [1.807, 2.05) is 0 Å². The molecule has 0 fully saturated rings. The second-order valence-electron chi connectivity index (χ2n) is 3.29. The Kier molecular flexibility index (Phi) is 11.6. The molecule has 0 aromatic heterocycles. The summed E-state index contributed by atoms with van der Waals surface area (Å²) in [6.45, 7) is 2.17. The van der Waals surface area contributed by atoms with Crippen LogP contribution in [-0.2, 0) is 9.59 Å². The summed E-state index contributed by atoms with van der Waals surface area (Å²) in [5.41, 5.74) is 0. The molecule has 0 aromatic carbocycles. The van der Waals surface area contributed by atoms with E-state index < -0.39 is 24.1 Å². The summed E-state index contributed by atoms with van der Waals surface area (Å²) in [5, 5.41) is 33.2. The molecule has 0 aliphatic heterocycles. The van der Waals surface area contributed by atoms with Gasteiger partial charge in [0.2, 0.25) is 0 Å². The lowest BCUT2D eigenvalue weighted by molar-refractivity contribution is -0.135. The first-order chi connectivity index (χ1) is 8.09. The Morgan fingerprint density at radius 1 is 0.889 bits per heavy atom. The highest BCUT2D eigenvalue weighted by molar-refractivity contribution is 9.12. The molecule has 6 nitrogen and oxygen atoms in total. The van der Waals surface area contributed by atoms with Crippen LogP contribution in [0, 0.1) is 0 Å². The van der Waals surface area contributed by atoms with Gasteiger partial charge in [-0.05, 0) is 0 Å². The molecular formula is C10H16Br2O6. The van der Waals surface area contributed by atoms with Crippen LogP contribution in [0.1, 0.15) is 13.8 Å². The predicted octanol–water partition coefficient (Wildman–Crippen LogP) is 0.987. The first-order valence-corrected chi connectivity index (χ1v) is 6.64. The Labute approximate surface area is 122 Å². The molecule has 0 saturated carbocycles. The fraction of sp³-hybridized carbons (Fsp3) is 0.600. The molecule has 0 bridgehead atoms. The van der Waals surface area contributed by atoms with Crippen LogP contribution in [0.5, 0.6) is 0 Å². The average molecular weight is 392 g/mol. The number of aliphatic hydroxyl groups is 2. The van der Waals surface area contributed by atoms with E-state index in [9.17, 15) is 10.2 Å². The van der Waals surface area contributed by atoms with Gasteiger partial charge in [-0.25, -0.2) is 0 Å². The van der Waals surface area contributed by atoms with E-state index in [2.05, 4.69) is 31.9 Å². The Balaban J connectivity index is 0. The average Bonchev–Trinajstić information content (AvgIpc) is 2.19. The molecule has 1 aliphatic carbocycles. The maximum atomic E-state index is 9.19. The van der Waals surface area contributed by atoms with Crippen LogP contribution in [0.3, 0.4) is 0 Å². The van der Waals surface area contributed by atoms with E-state index in [4.69, 9.17) is 19.8 Å². The van der Waals surface area contributed by atoms with E-state index in [-0.39, 0.29) is 9.65 Å². The minimum absolute atomic E-state index is 0.104. The van der Waals surface area contributed by atoms with Gasteiger partial charge in [-0.3, -0.25) is 9.59 Å². The molecule has 4 N–H and O–H groups in total. The van der Waals surface area contributed by atoms with Gasteiger partial charge < -0.3 is 20.4 Å². The van der Waals surface area contributed by atoms with Gasteiger partial charge in [-0.15, -0.1) is 0 Å². The lowest BCUT2D eigenvalue weighted by Gasteiger charge is -2.26. The Bertz CT molecular complexity index is 258. The summed E-state index contributed by atoms with van der Waals surface area (Å²) >= 11 is 6.50. The van der Waals surface area contributed by atoms with Crippen molar-refractivity contribution in [2.45, 2.75) is 35.7 Å². The third-order valence-electron chi connectivity index (χ3n) is 1.46. The molecule has 4 atom stereocenters. The van der Waals surface area contributed by atoms with E-state index in [1.165, 1.54) is 0 Å². The Morgan fingerprint density at radius 2 is 1.06 bits per heavy atom. The Hall–Kier alpha value is -0.440. The van der Waals surface area contributed by atoms with Crippen LogP contribution < -0.4 is 0 Å². The highest BCUT2D eigenvalue weighted by Gasteiger charge is 2.30. The van der Waals surface area contributed by atoms with Gasteiger partial charge in [0.15, 0.2) is 0 Å². The minimum Gasteiger partial charge on any atom is -0.481 e. The highest BCUT2D eigenvalue weighted by atomic mass is 79.9. The molecule has 0 spiro atoms. The van der Waals surface area contributed by atoms with Crippen molar-refractivity contribution in [3.63, 3.8) is 0 Å². The third-order valence-corrected chi connectivity index (χ3v) is 4.39. The molecule has 1 rings (SSSR count). The van der Waals surface area contributed by atoms with Crippen LogP contribution >= 0.6 is 31.9 Å². The summed E-state index contributed by atoms with van der Waals surface area (Å²) in [4.78, 5) is 17.8. The van der Waals surface area contributed by atoms with Crippen LogP contribution in [-0.4, -0.2) is 54.2 Å². The lowest BCUT2D eigenvalue weighted by Crippen LogP contribution is -2.38. The molecule has 0 aromatic rings. The second-order valence-corrected chi connectivity index (χ2v) is 5.41. The summed E-state index contributed by atoms with van der Waals surface area (Å²) in [5.74, 6) is -1.67. The van der Waals surface area contributed by atoms with Gasteiger partial charge in [0.25, 0.3) is 11.9 Å². The van der Waals surface area contributed by atoms with Gasteiger partial charge in [-0.2, -0.15) is 0 Å². The SMILES string of the molecule is CC(=O)O.CC(=O)O.O[C@@H]1C=C[C@@H](O)[C@H](Br)[C@H]1Br. The van der Waals surface area contributed by atoms with Crippen molar-refractivity contribution in [2.24, 2.45) is 0 Å². The minimum atomic E-state index is -0.833. The molecule has 1 aliphatic rings. The van der Waals surface area contributed by atoms with E-state index in [1.54, 1.807) is 12.2 Å². The van der Waals surface area contributed by atoms with E-state index in [0.717, 1.165) is 13.8 Å². The number of carboxylic acid groups (broad SMARTS) is 2. The zero-order valence-electron chi connectivity index (χ0n) is 9.83. The summed E-state index contributed by atoms with van der Waals surface area (Å²) in [6, 6.07) is 0. The number of halogens is 2. The standard InChI is InChI=1S/C6H8Br2O2.2C2H4O2/c7-5-3(9)1-2-4(10)6(5)8;2*1-2(3)4/h1-6,9-10H;2*1H3,(H,3,4)/t3-,4-,5+,6+;;/m1../s1. The maximum Gasteiger partial charge on any atom is 0.300 e. The van der Waals surface area contributed by atoms with Crippen LogP contribution in [0.15, 0.2) is 12.2 Å². The van der Waals surface area contributed by atoms with Crippen molar-refractivity contribution >= 4 is 43.8 Å². The Morgan fingerprint density at radius 3 is 1.22 bits per heavy atom. The lowest BCUT2D eigenvalue weighted by atomic mass is 10.0. The van der Waals surface area contributed by atoms with E-state index >= 15 is 0 Å². The highest BCUT2D eigenvalue weighted by Crippen LogP contribution is 2.26. The summed E-state index contributed by atoms with van der Waals surface area (Å²) in [7, 11) is 0. The molecule has 0 unspecified atom stereocenters. The van der Waals surface area contributed by atoms with Crippen LogP contribution in [0.4, 0.5) is 0 Å². The fourth-order valence-electron chi connectivity index (χ4n) is 0.817. The molecular weight excluding hydrogens is 376 g/mol. The fourth-order valence-corrected chi connectivity index (χ4v) is 1.79. The maximum absolute atomic E-state index is 9.19. The molecule has 0 amide bonds. The number of rotatable bonds is 0. The molecule has 0 saturated heterocycles. The van der Waals surface area contributed by atoms with Crippen molar-refractivity contribution < 1.29 is 30.0 Å². The third kappa shape index (κ3) is 12.0. The van der Waals surface area contributed by atoms with Gasteiger partial charge in [0.1, 0.15) is 0 Å². The van der Waals surface area contributed by atoms with Crippen molar-refractivity contribution in [3.8, 4) is 0 Å². The van der Waals surface area contributed by atoms with E-state index in [0.29, 0.717) is 0 Å². The van der Waals surface area contributed by atoms with Gasteiger partial charge in [0.05, 0.1) is 21.9 Å². The first kappa shape index (κ1) is 19.9. The molecule has 106 valence electrons. The van der Waals surface area contributed by atoms with Gasteiger partial charge >= 0.3 is 0 Å². The quantitative estimate of drug-likeness (QED) is 0.361. The zero-order valence-corrected chi connectivity index (χ0v) is 13.0. The summed E-state index contributed by atoms with van der Waals surface area (Å²) < 4.78 is 0. The number of carboxylic acids is 2.